The minimum atomic E-state index is -0.975. The Morgan fingerprint density at radius 2 is 2.00 bits per heavy atom. The highest BCUT2D eigenvalue weighted by Crippen LogP contribution is 2.06. The van der Waals surface area contributed by atoms with Gasteiger partial charge in [0, 0.05) is 5.69 Å². The lowest BCUT2D eigenvalue weighted by Crippen LogP contribution is -2.12. The minimum Gasteiger partial charge on any atom is -0.399 e. The lowest BCUT2D eigenvalue weighted by molar-refractivity contribution is 0.677. The second kappa shape index (κ2) is 4.23. The van der Waals surface area contributed by atoms with Crippen LogP contribution in [0, 0.1) is 0 Å². The molecule has 0 spiro atoms. The summed E-state index contributed by atoms with van der Waals surface area (Å²) in [5.41, 5.74) is 7.25. The zero-order valence-electron chi connectivity index (χ0n) is 6.91. The van der Waals surface area contributed by atoms with E-state index >= 15 is 0 Å². The van der Waals surface area contributed by atoms with Crippen molar-refractivity contribution >= 4 is 16.7 Å². The van der Waals surface area contributed by atoms with Crippen LogP contribution in [0.3, 0.4) is 0 Å². The van der Waals surface area contributed by atoms with Gasteiger partial charge in [0.25, 0.3) is 0 Å². The Balaban J connectivity index is 2.64. The van der Waals surface area contributed by atoms with Crippen molar-refractivity contribution in [1.82, 2.24) is 4.72 Å². The van der Waals surface area contributed by atoms with Crippen molar-refractivity contribution < 1.29 is 4.21 Å². The fourth-order valence-electron chi connectivity index (χ4n) is 0.837. The molecule has 0 aliphatic heterocycles. The molecule has 0 fully saturated rings. The number of hydrogen-bond donors (Lipinski definition) is 2. The molecule has 0 heterocycles. The van der Waals surface area contributed by atoms with E-state index in [1.54, 1.807) is 7.05 Å². The molecule has 0 radical (unpaired) electrons. The molecule has 3 nitrogen and oxygen atoms in total. The van der Waals surface area contributed by atoms with Crippen LogP contribution < -0.4 is 10.5 Å². The molecule has 0 bridgehead atoms. The van der Waals surface area contributed by atoms with E-state index < -0.39 is 11.0 Å². The molecule has 0 amide bonds. The smallest absolute Gasteiger partial charge is 0.0957 e. The lowest BCUT2D eigenvalue weighted by Gasteiger charge is -2.00. The first kappa shape index (κ1) is 9.22. The van der Waals surface area contributed by atoms with Crippen LogP contribution in [0.25, 0.3) is 0 Å². The van der Waals surface area contributed by atoms with Crippen molar-refractivity contribution in [2.75, 3.05) is 12.8 Å². The average Bonchev–Trinajstić information content (AvgIpc) is 2.09. The van der Waals surface area contributed by atoms with Crippen LogP contribution in [0.15, 0.2) is 24.3 Å². The molecule has 0 aromatic heterocycles. The van der Waals surface area contributed by atoms with Crippen molar-refractivity contribution in [3.05, 3.63) is 29.8 Å². The molecule has 4 heteroatoms. The predicted octanol–water partition coefficient (Wildman–Crippen LogP) is 0.652. The molecule has 12 heavy (non-hydrogen) atoms. The van der Waals surface area contributed by atoms with Gasteiger partial charge in [-0.2, -0.15) is 0 Å². The maximum Gasteiger partial charge on any atom is 0.0957 e. The predicted molar refractivity (Wildman–Crippen MR) is 51.8 cm³/mol. The second-order valence-corrected chi connectivity index (χ2v) is 3.82. The van der Waals surface area contributed by atoms with Gasteiger partial charge < -0.3 is 5.73 Å². The molecule has 0 saturated carbocycles. The Bertz CT molecular complexity index is 271. The number of rotatable bonds is 3. The summed E-state index contributed by atoms with van der Waals surface area (Å²) in [6.45, 7) is 0. The van der Waals surface area contributed by atoms with Crippen LogP contribution in [-0.4, -0.2) is 11.3 Å². The van der Waals surface area contributed by atoms with Crippen LogP contribution in [-0.2, 0) is 16.7 Å². The summed E-state index contributed by atoms with van der Waals surface area (Å²) in [7, 11) is 0.699. The van der Waals surface area contributed by atoms with E-state index in [0.29, 0.717) is 5.75 Å². The van der Waals surface area contributed by atoms with E-state index in [1.807, 2.05) is 24.3 Å². The molecule has 0 aliphatic carbocycles. The summed E-state index contributed by atoms with van der Waals surface area (Å²) in [5, 5.41) is 0. The minimum absolute atomic E-state index is 0.525. The van der Waals surface area contributed by atoms with E-state index in [0.717, 1.165) is 11.3 Å². The monoisotopic (exact) mass is 184 g/mol. The second-order valence-electron chi connectivity index (χ2n) is 2.44. The van der Waals surface area contributed by atoms with E-state index in [-0.39, 0.29) is 0 Å². The number of anilines is 1. The molecule has 1 aromatic carbocycles. The van der Waals surface area contributed by atoms with E-state index in [1.165, 1.54) is 0 Å². The van der Waals surface area contributed by atoms with Crippen LogP contribution in [0.4, 0.5) is 5.69 Å². The van der Waals surface area contributed by atoms with Crippen molar-refractivity contribution in [2.45, 2.75) is 5.75 Å². The van der Waals surface area contributed by atoms with Crippen molar-refractivity contribution in [2.24, 2.45) is 0 Å². The largest absolute Gasteiger partial charge is 0.399 e. The Morgan fingerprint density at radius 3 is 2.50 bits per heavy atom. The average molecular weight is 184 g/mol. The van der Waals surface area contributed by atoms with Gasteiger partial charge >= 0.3 is 0 Å². The van der Waals surface area contributed by atoms with Crippen LogP contribution >= 0.6 is 0 Å². The zero-order valence-corrected chi connectivity index (χ0v) is 7.73. The SMILES string of the molecule is CNS(=O)Cc1ccc(N)cc1. The Kier molecular flexibility index (Phi) is 3.25. The highest BCUT2D eigenvalue weighted by atomic mass is 32.2. The molecule has 66 valence electrons. The Hall–Kier alpha value is -0.870. The summed E-state index contributed by atoms with van der Waals surface area (Å²) in [4.78, 5) is 0. The highest BCUT2D eigenvalue weighted by Gasteiger charge is 1.97. The maximum absolute atomic E-state index is 11.0. The van der Waals surface area contributed by atoms with Crippen molar-refractivity contribution in [3.63, 3.8) is 0 Å². The maximum atomic E-state index is 11.0. The Morgan fingerprint density at radius 1 is 1.42 bits per heavy atom. The summed E-state index contributed by atoms with van der Waals surface area (Å²) < 4.78 is 13.7. The number of nitrogens with two attached hydrogens (primary N) is 1. The first-order valence-corrected chi connectivity index (χ1v) is 4.94. The molecule has 1 unspecified atom stereocenters. The number of nitrogen functional groups attached to an aromatic ring is 1. The molecule has 1 aromatic rings. The molecule has 0 aliphatic rings. The summed E-state index contributed by atoms with van der Waals surface area (Å²) >= 11 is 0. The van der Waals surface area contributed by atoms with Crippen LogP contribution in [0.5, 0.6) is 0 Å². The molecular weight excluding hydrogens is 172 g/mol. The fourth-order valence-corrected chi connectivity index (χ4v) is 1.48. The number of benzene rings is 1. The van der Waals surface area contributed by atoms with Gasteiger partial charge in [-0.15, -0.1) is 0 Å². The van der Waals surface area contributed by atoms with Gasteiger partial charge in [0.05, 0.1) is 16.7 Å². The molecule has 3 N–H and O–H groups in total. The van der Waals surface area contributed by atoms with Gasteiger partial charge in [-0.25, -0.2) is 8.93 Å². The Labute approximate surface area is 74.6 Å². The first-order valence-electron chi connectivity index (χ1n) is 3.62. The standard InChI is InChI=1S/C8H12N2OS/c1-10-12(11)6-7-2-4-8(9)5-3-7/h2-5,10H,6,9H2,1H3. The quantitative estimate of drug-likeness (QED) is 0.678. The van der Waals surface area contributed by atoms with E-state index in [4.69, 9.17) is 5.73 Å². The van der Waals surface area contributed by atoms with Crippen LogP contribution in [0.1, 0.15) is 5.56 Å². The lowest BCUT2D eigenvalue weighted by atomic mass is 10.2. The highest BCUT2D eigenvalue weighted by molar-refractivity contribution is 7.82. The first-order chi connectivity index (χ1) is 5.72. The summed E-state index contributed by atoms with van der Waals surface area (Å²) in [6, 6.07) is 7.37. The zero-order chi connectivity index (χ0) is 8.97. The fraction of sp³-hybridized carbons (Fsp3) is 0.250. The molecule has 1 rings (SSSR count). The summed E-state index contributed by atoms with van der Waals surface area (Å²) in [5.74, 6) is 0.525. The molecule has 1 atom stereocenters. The molecule has 0 saturated heterocycles. The number of hydrogen-bond acceptors (Lipinski definition) is 2. The van der Waals surface area contributed by atoms with Crippen molar-refractivity contribution in [3.8, 4) is 0 Å². The van der Waals surface area contributed by atoms with Crippen LogP contribution in [0.2, 0.25) is 0 Å². The van der Waals surface area contributed by atoms with Gasteiger partial charge in [-0.05, 0) is 24.7 Å². The van der Waals surface area contributed by atoms with E-state index in [2.05, 4.69) is 4.72 Å². The van der Waals surface area contributed by atoms with Gasteiger partial charge in [0.1, 0.15) is 0 Å². The third-order valence-electron chi connectivity index (χ3n) is 1.51. The topological polar surface area (TPSA) is 55.1 Å². The third-order valence-corrected chi connectivity index (χ3v) is 2.56. The van der Waals surface area contributed by atoms with Gasteiger partial charge in [-0.1, -0.05) is 12.1 Å². The van der Waals surface area contributed by atoms with Gasteiger partial charge in [-0.3, -0.25) is 0 Å². The third kappa shape index (κ3) is 2.64. The normalized spacial score (nSPS) is 12.8. The van der Waals surface area contributed by atoms with Gasteiger partial charge in [0.2, 0.25) is 0 Å². The van der Waals surface area contributed by atoms with Gasteiger partial charge in [0.15, 0.2) is 0 Å². The van der Waals surface area contributed by atoms with E-state index in [9.17, 15) is 4.21 Å². The van der Waals surface area contributed by atoms with Crippen molar-refractivity contribution in [1.29, 1.82) is 0 Å². The molecular formula is C8H12N2OS. The number of nitrogens with one attached hydrogen (secondary N) is 1. The summed E-state index contributed by atoms with van der Waals surface area (Å²) in [6.07, 6.45) is 0.